The van der Waals surface area contributed by atoms with Crippen LogP contribution in [0.2, 0.25) is 0 Å². The predicted octanol–water partition coefficient (Wildman–Crippen LogP) is 4.66. The fraction of sp³-hybridized carbons (Fsp3) is 0.538. The maximum atomic E-state index is 13.4. The van der Waals surface area contributed by atoms with Crippen LogP contribution in [0.25, 0.3) is 0 Å². The topological polar surface area (TPSA) is 83.1 Å². The number of esters is 1. The van der Waals surface area contributed by atoms with Gasteiger partial charge in [0.1, 0.15) is 0 Å². The van der Waals surface area contributed by atoms with E-state index in [0.29, 0.717) is 59.1 Å². The van der Waals surface area contributed by atoms with E-state index in [-0.39, 0.29) is 11.2 Å². The van der Waals surface area contributed by atoms with Crippen LogP contribution in [0, 0.1) is 5.41 Å². The van der Waals surface area contributed by atoms with Crippen molar-refractivity contribution >= 4 is 11.8 Å². The van der Waals surface area contributed by atoms with E-state index in [9.17, 15) is 9.59 Å². The highest BCUT2D eigenvalue weighted by Gasteiger charge is 2.43. The second-order valence-corrected chi connectivity index (χ2v) is 9.38. The molecule has 0 spiro atoms. The normalized spacial score (nSPS) is 19.6. The molecule has 33 heavy (non-hydrogen) atoms. The first-order valence-electron chi connectivity index (χ1n) is 11.4. The van der Waals surface area contributed by atoms with E-state index in [1.807, 2.05) is 26.0 Å². The number of methoxy groups -OCH3 is 3. The second-order valence-electron chi connectivity index (χ2n) is 9.38. The van der Waals surface area contributed by atoms with E-state index in [1.165, 1.54) is 0 Å². The molecule has 7 heteroatoms. The molecule has 1 aromatic rings. The van der Waals surface area contributed by atoms with Crippen LogP contribution in [0.5, 0.6) is 17.2 Å². The average Bonchev–Trinajstić information content (AvgIpc) is 2.76. The third kappa shape index (κ3) is 4.87. The zero-order chi connectivity index (χ0) is 24.3. The Balaban J connectivity index is 2.21. The molecule has 1 aliphatic heterocycles. The van der Waals surface area contributed by atoms with Gasteiger partial charge in [0.25, 0.3) is 0 Å². The fourth-order valence-electron chi connectivity index (χ4n) is 4.69. The van der Waals surface area contributed by atoms with Gasteiger partial charge < -0.3 is 24.3 Å². The molecule has 1 aliphatic carbocycles. The summed E-state index contributed by atoms with van der Waals surface area (Å²) in [4.78, 5) is 26.7. The van der Waals surface area contributed by atoms with Crippen molar-refractivity contribution in [3.63, 3.8) is 0 Å². The summed E-state index contributed by atoms with van der Waals surface area (Å²) in [5, 5.41) is 3.36. The van der Waals surface area contributed by atoms with Crippen LogP contribution >= 0.6 is 0 Å². The van der Waals surface area contributed by atoms with Crippen molar-refractivity contribution in [2.75, 3.05) is 27.9 Å². The Morgan fingerprint density at radius 3 is 2.27 bits per heavy atom. The summed E-state index contributed by atoms with van der Waals surface area (Å²) in [6.45, 7) is 8.40. The number of dihydropyridines is 1. The van der Waals surface area contributed by atoms with Gasteiger partial charge in [-0.15, -0.1) is 0 Å². The molecular weight excluding hydrogens is 422 g/mol. The van der Waals surface area contributed by atoms with E-state index < -0.39 is 11.9 Å². The molecule has 0 aromatic heterocycles. The maximum Gasteiger partial charge on any atom is 0.336 e. The van der Waals surface area contributed by atoms with Crippen LogP contribution < -0.4 is 19.5 Å². The van der Waals surface area contributed by atoms with Crippen LogP contribution in [0.1, 0.15) is 64.9 Å². The Morgan fingerprint density at radius 2 is 1.73 bits per heavy atom. The standard InChI is InChI=1S/C26H35NO6/c1-8-9-10-33-25(29)21-15(2)27-17-13-26(3,4)14-18(28)23(17)22(21)16-11-19(30-5)24(32-7)20(12-16)31-6/h11-12,22,27H,8-10,13-14H2,1-7H3/t22-/m0/s1. The molecule has 180 valence electrons. The Bertz CT molecular complexity index is 979. The van der Waals surface area contributed by atoms with Crippen molar-refractivity contribution in [2.45, 2.75) is 59.3 Å². The van der Waals surface area contributed by atoms with Crippen molar-refractivity contribution in [1.82, 2.24) is 5.32 Å². The van der Waals surface area contributed by atoms with Gasteiger partial charge in [-0.3, -0.25) is 4.79 Å². The highest BCUT2D eigenvalue weighted by atomic mass is 16.5. The van der Waals surface area contributed by atoms with E-state index in [2.05, 4.69) is 19.2 Å². The smallest absolute Gasteiger partial charge is 0.336 e. The molecular formula is C26H35NO6. The number of nitrogens with one attached hydrogen (secondary N) is 1. The molecule has 0 fully saturated rings. The average molecular weight is 458 g/mol. The lowest BCUT2D eigenvalue weighted by atomic mass is 9.68. The molecule has 1 N–H and O–H groups in total. The number of hydrogen-bond acceptors (Lipinski definition) is 7. The molecule has 2 aliphatic rings. The zero-order valence-electron chi connectivity index (χ0n) is 20.7. The van der Waals surface area contributed by atoms with Crippen molar-refractivity contribution in [3.05, 3.63) is 40.2 Å². The third-order valence-corrected chi connectivity index (χ3v) is 6.21. The summed E-state index contributed by atoms with van der Waals surface area (Å²) in [6, 6.07) is 3.61. The second kappa shape index (κ2) is 9.89. The van der Waals surface area contributed by atoms with Gasteiger partial charge in [0, 0.05) is 29.3 Å². The summed E-state index contributed by atoms with van der Waals surface area (Å²) < 4.78 is 22.2. The van der Waals surface area contributed by atoms with E-state index >= 15 is 0 Å². The summed E-state index contributed by atoms with van der Waals surface area (Å²) in [6.07, 6.45) is 2.82. The first kappa shape index (κ1) is 24.7. The first-order chi connectivity index (χ1) is 15.7. The van der Waals surface area contributed by atoms with Crippen LogP contribution in [0.15, 0.2) is 34.7 Å². The van der Waals surface area contributed by atoms with Gasteiger partial charge in [-0.25, -0.2) is 4.79 Å². The van der Waals surface area contributed by atoms with Crippen LogP contribution in [-0.2, 0) is 14.3 Å². The highest BCUT2D eigenvalue weighted by molar-refractivity contribution is 6.04. The molecule has 0 bridgehead atoms. The quantitative estimate of drug-likeness (QED) is 0.449. The zero-order valence-corrected chi connectivity index (χ0v) is 20.7. The Labute approximate surface area is 196 Å². The molecule has 0 saturated heterocycles. The largest absolute Gasteiger partial charge is 0.493 e. The number of carbonyl (C=O) groups is 2. The van der Waals surface area contributed by atoms with Crippen molar-refractivity contribution in [1.29, 1.82) is 0 Å². The Kier molecular flexibility index (Phi) is 7.40. The number of allylic oxidation sites excluding steroid dienone is 3. The molecule has 0 radical (unpaired) electrons. The van der Waals surface area contributed by atoms with Crippen LogP contribution in [-0.4, -0.2) is 39.7 Å². The predicted molar refractivity (Wildman–Crippen MR) is 126 cm³/mol. The molecule has 1 heterocycles. The van der Waals surface area contributed by atoms with Crippen LogP contribution in [0.4, 0.5) is 0 Å². The minimum Gasteiger partial charge on any atom is -0.493 e. The number of hydrogen-bond donors (Lipinski definition) is 1. The number of rotatable bonds is 8. The van der Waals surface area contributed by atoms with Crippen molar-refractivity contribution in [3.8, 4) is 17.2 Å². The number of Topliss-reactive ketones (excluding diaryl/α,β-unsaturated/α-hetero) is 1. The SMILES string of the molecule is CCCCOC(=O)C1=C(C)NC2=C(C(=O)CC(C)(C)C2)[C@H]1c1cc(OC)c(OC)c(OC)c1. The summed E-state index contributed by atoms with van der Waals surface area (Å²) in [5.74, 6) is 0.402. The van der Waals surface area contributed by atoms with Gasteiger partial charge >= 0.3 is 5.97 Å². The lowest BCUT2D eigenvalue weighted by molar-refractivity contribution is -0.139. The summed E-state index contributed by atoms with van der Waals surface area (Å²) >= 11 is 0. The van der Waals surface area contributed by atoms with Gasteiger partial charge in [-0.1, -0.05) is 27.2 Å². The molecule has 0 saturated carbocycles. The lowest BCUT2D eigenvalue weighted by Gasteiger charge is -2.39. The monoisotopic (exact) mass is 457 g/mol. The van der Waals surface area contributed by atoms with Gasteiger partial charge in [0.15, 0.2) is 17.3 Å². The molecule has 1 atom stereocenters. The Hall–Kier alpha value is -2.96. The first-order valence-corrected chi connectivity index (χ1v) is 11.4. The van der Waals surface area contributed by atoms with Gasteiger partial charge in [0.2, 0.25) is 5.75 Å². The number of benzene rings is 1. The van der Waals surface area contributed by atoms with E-state index in [4.69, 9.17) is 18.9 Å². The highest BCUT2D eigenvalue weighted by Crippen LogP contribution is 2.49. The van der Waals surface area contributed by atoms with E-state index in [0.717, 1.165) is 18.5 Å². The lowest BCUT2D eigenvalue weighted by Crippen LogP contribution is -2.38. The minimum atomic E-state index is -0.590. The third-order valence-electron chi connectivity index (χ3n) is 6.21. The number of ether oxygens (including phenoxy) is 4. The van der Waals surface area contributed by atoms with E-state index in [1.54, 1.807) is 21.3 Å². The molecule has 1 aromatic carbocycles. The van der Waals surface area contributed by atoms with Gasteiger partial charge in [-0.05, 0) is 42.9 Å². The van der Waals surface area contributed by atoms with Crippen molar-refractivity contribution in [2.24, 2.45) is 5.41 Å². The van der Waals surface area contributed by atoms with Crippen LogP contribution in [0.3, 0.4) is 0 Å². The summed E-state index contributed by atoms with van der Waals surface area (Å²) in [7, 11) is 4.63. The van der Waals surface area contributed by atoms with Gasteiger partial charge in [0.05, 0.1) is 33.5 Å². The molecule has 7 nitrogen and oxygen atoms in total. The Morgan fingerprint density at radius 1 is 1.09 bits per heavy atom. The maximum absolute atomic E-state index is 13.4. The molecule has 0 unspecified atom stereocenters. The summed E-state index contributed by atoms with van der Waals surface area (Å²) in [5.41, 5.74) is 3.15. The minimum absolute atomic E-state index is 0.0267. The van der Waals surface area contributed by atoms with Crippen molar-refractivity contribution < 1.29 is 28.5 Å². The van der Waals surface area contributed by atoms with Gasteiger partial charge in [-0.2, -0.15) is 0 Å². The number of carbonyl (C=O) groups excluding carboxylic acids is 2. The molecule has 0 amide bonds. The number of ketones is 1. The fourth-order valence-corrected chi connectivity index (χ4v) is 4.69. The molecule has 3 rings (SSSR count). The number of unbranched alkanes of at least 4 members (excludes halogenated alkanes) is 1.